The van der Waals surface area contributed by atoms with Crippen LogP contribution in [0.3, 0.4) is 0 Å². The van der Waals surface area contributed by atoms with Crippen molar-refractivity contribution < 1.29 is 4.74 Å². The second-order valence-electron chi connectivity index (χ2n) is 2.42. The fourth-order valence-corrected chi connectivity index (χ4v) is 1.18. The van der Waals surface area contributed by atoms with Crippen molar-refractivity contribution in [2.24, 2.45) is 4.99 Å². The van der Waals surface area contributed by atoms with Crippen molar-refractivity contribution in [1.82, 2.24) is 0 Å². The summed E-state index contributed by atoms with van der Waals surface area (Å²) in [4.78, 5) is 3.78. The smallest absolute Gasteiger partial charge is 0.121 e. The summed E-state index contributed by atoms with van der Waals surface area (Å²) >= 11 is 10.4. The molecule has 0 aliphatic rings. The predicted molar refractivity (Wildman–Crippen MR) is 61.8 cm³/mol. The number of rotatable bonds is 4. The number of thiocarbonyl (C=S) groups is 1. The molecular weight excluding hydrogens is 218 g/mol. The van der Waals surface area contributed by atoms with Crippen LogP contribution in [0.5, 0.6) is 5.75 Å². The van der Waals surface area contributed by atoms with E-state index in [-0.39, 0.29) is 0 Å². The number of hydrogen-bond donors (Lipinski definition) is 0. The number of hydrogen-bond acceptors (Lipinski definition) is 3. The summed E-state index contributed by atoms with van der Waals surface area (Å²) in [5.74, 6) is 0.679. The van der Waals surface area contributed by atoms with Crippen LogP contribution in [-0.2, 0) is 0 Å². The van der Waals surface area contributed by atoms with E-state index >= 15 is 0 Å². The first-order valence-electron chi connectivity index (χ1n) is 3.89. The normalized spacial score (nSPS) is 8.93. The summed E-state index contributed by atoms with van der Waals surface area (Å²) in [6, 6.07) is 5.16. The first-order chi connectivity index (χ1) is 6.77. The number of ether oxygens (including phenoxy) is 1. The molecule has 1 aromatic rings. The van der Waals surface area contributed by atoms with Crippen LogP contribution < -0.4 is 4.74 Å². The number of aliphatic imine (C=N–C) groups is 1. The summed E-state index contributed by atoms with van der Waals surface area (Å²) in [5, 5.41) is 2.74. The minimum atomic E-state index is 0.451. The standard InChI is InChI=1S/C10H8ClNOS/c1-2-5-13-8-3-4-10(12-7-14)9(11)6-8/h2-4,6H,1,5H2. The quantitative estimate of drug-likeness (QED) is 0.443. The number of nitrogens with zero attached hydrogens (tertiary/aromatic N) is 1. The van der Waals surface area contributed by atoms with E-state index in [0.29, 0.717) is 23.1 Å². The average Bonchev–Trinajstić information content (AvgIpc) is 2.19. The van der Waals surface area contributed by atoms with Gasteiger partial charge in [-0.1, -0.05) is 24.3 Å². The molecule has 0 aromatic heterocycles. The number of isothiocyanates is 1. The molecule has 0 aliphatic carbocycles. The van der Waals surface area contributed by atoms with Crippen molar-refractivity contribution in [2.75, 3.05) is 6.61 Å². The molecular formula is C10H8ClNOS. The number of halogens is 1. The molecule has 4 heteroatoms. The third-order valence-corrected chi connectivity index (χ3v) is 1.85. The van der Waals surface area contributed by atoms with E-state index in [2.05, 4.69) is 29.0 Å². The Morgan fingerprint density at radius 2 is 2.43 bits per heavy atom. The van der Waals surface area contributed by atoms with Gasteiger partial charge in [0.15, 0.2) is 0 Å². The molecule has 0 amide bonds. The minimum absolute atomic E-state index is 0.451. The molecule has 0 fully saturated rings. The van der Waals surface area contributed by atoms with Crippen molar-refractivity contribution in [3.63, 3.8) is 0 Å². The first-order valence-corrected chi connectivity index (χ1v) is 4.67. The topological polar surface area (TPSA) is 21.6 Å². The van der Waals surface area contributed by atoms with Crippen LogP contribution in [0.25, 0.3) is 0 Å². The maximum absolute atomic E-state index is 5.90. The summed E-state index contributed by atoms with van der Waals surface area (Å²) in [5.41, 5.74) is 0.590. The summed E-state index contributed by atoms with van der Waals surface area (Å²) in [7, 11) is 0. The highest BCUT2D eigenvalue weighted by Gasteiger charge is 2.00. The molecule has 0 aliphatic heterocycles. The molecule has 14 heavy (non-hydrogen) atoms. The summed E-state index contributed by atoms with van der Waals surface area (Å²) < 4.78 is 5.28. The lowest BCUT2D eigenvalue weighted by molar-refractivity contribution is 0.363. The van der Waals surface area contributed by atoms with Crippen LogP contribution in [0, 0.1) is 0 Å². The van der Waals surface area contributed by atoms with E-state index in [1.54, 1.807) is 24.3 Å². The van der Waals surface area contributed by atoms with Crippen molar-refractivity contribution in [2.45, 2.75) is 0 Å². The largest absolute Gasteiger partial charge is 0.489 e. The van der Waals surface area contributed by atoms with Gasteiger partial charge in [-0.15, -0.1) is 0 Å². The Balaban J connectivity index is 2.88. The second kappa shape index (κ2) is 5.55. The van der Waals surface area contributed by atoms with Crippen LogP contribution in [0.2, 0.25) is 5.02 Å². The average molecular weight is 226 g/mol. The van der Waals surface area contributed by atoms with Crippen LogP contribution in [-0.4, -0.2) is 11.8 Å². The van der Waals surface area contributed by atoms with Gasteiger partial charge in [-0.05, 0) is 24.4 Å². The van der Waals surface area contributed by atoms with Gasteiger partial charge in [-0.2, -0.15) is 4.99 Å². The van der Waals surface area contributed by atoms with Crippen molar-refractivity contribution >= 4 is 34.7 Å². The molecule has 0 unspecified atom stereocenters. The molecule has 0 saturated carbocycles. The van der Waals surface area contributed by atoms with Gasteiger partial charge >= 0.3 is 0 Å². The Morgan fingerprint density at radius 3 is 3.00 bits per heavy atom. The lowest BCUT2D eigenvalue weighted by Gasteiger charge is -2.03. The van der Waals surface area contributed by atoms with Gasteiger partial charge in [0.05, 0.1) is 15.9 Å². The van der Waals surface area contributed by atoms with Crippen molar-refractivity contribution in [1.29, 1.82) is 0 Å². The van der Waals surface area contributed by atoms with E-state index in [1.165, 1.54) is 0 Å². The number of benzene rings is 1. The molecule has 1 rings (SSSR count). The van der Waals surface area contributed by atoms with Gasteiger partial charge in [-0.3, -0.25) is 0 Å². The molecule has 0 atom stereocenters. The molecule has 0 heterocycles. The van der Waals surface area contributed by atoms with E-state index in [0.717, 1.165) is 0 Å². The van der Waals surface area contributed by atoms with Crippen molar-refractivity contribution in [3.05, 3.63) is 35.9 Å². The van der Waals surface area contributed by atoms with E-state index < -0.39 is 0 Å². The zero-order valence-corrected chi connectivity index (χ0v) is 8.94. The molecule has 0 radical (unpaired) electrons. The highest BCUT2D eigenvalue weighted by Crippen LogP contribution is 2.28. The Labute approximate surface area is 92.9 Å². The molecule has 0 spiro atoms. The Hall–Kier alpha value is -1.15. The second-order valence-corrected chi connectivity index (χ2v) is 3.01. The van der Waals surface area contributed by atoms with E-state index in [9.17, 15) is 0 Å². The highest BCUT2D eigenvalue weighted by atomic mass is 35.5. The van der Waals surface area contributed by atoms with Crippen LogP contribution in [0.15, 0.2) is 35.8 Å². The summed E-state index contributed by atoms with van der Waals surface area (Å²) in [6.07, 6.45) is 1.66. The predicted octanol–water partition coefficient (Wildman–Crippen LogP) is 3.64. The first kappa shape index (κ1) is 10.9. The van der Waals surface area contributed by atoms with Crippen LogP contribution in [0.4, 0.5) is 5.69 Å². The summed E-state index contributed by atoms with van der Waals surface area (Å²) in [6.45, 7) is 4.00. The fraction of sp³-hybridized carbons (Fsp3) is 0.100. The molecule has 0 saturated heterocycles. The zero-order chi connectivity index (χ0) is 10.4. The molecule has 2 nitrogen and oxygen atoms in total. The maximum Gasteiger partial charge on any atom is 0.121 e. The van der Waals surface area contributed by atoms with E-state index in [1.807, 2.05) is 0 Å². The lowest BCUT2D eigenvalue weighted by Crippen LogP contribution is -1.91. The Morgan fingerprint density at radius 1 is 1.64 bits per heavy atom. The third-order valence-electron chi connectivity index (χ3n) is 1.45. The van der Waals surface area contributed by atoms with Crippen molar-refractivity contribution in [3.8, 4) is 5.75 Å². The third kappa shape index (κ3) is 2.96. The molecule has 72 valence electrons. The Kier molecular flexibility index (Phi) is 4.33. The van der Waals surface area contributed by atoms with Gasteiger partial charge in [0.1, 0.15) is 12.4 Å². The monoisotopic (exact) mass is 225 g/mol. The highest BCUT2D eigenvalue weighted by molar-refractivity contribution is 7.78. The zero-order valence-electron chi connectivity index (χ0n) is 7.37. The maximum atomic E-state index is 5.90. The lowest BCUT2D eigenvalue weighted by atomic mass is 10.3. The van der Waals surface area contributed by atoms with Gasteiger partial charge in [0.25, 0.3) is 0 Å². The fourth-order valence-electron chi connectivity index (χ4n) is 0.872. The van der Waals surface area contributed by atoms with Gasteiger partial charge in [0.2, 0.25) is 0 Å². The molecule has 0 N–H and O–H groups in total. The van der Waals surface area contributed by atoms with Crippen LogP contribution in [0.1, 0.15) is 0 Å². The van der Waals surface area contributed by atoms with Gasteiger partial charge in [0, 0.05) is 6.07 Å². The van der Waals surface area contributed by atoms with E-state index in [4.69, 9.17) is 16.3 Å². The molecule has 1 aromatic carbocycles. The van der Waals surface area contributed by atoms with Gasteiger partial charge in [-0.25, -0.2) is 0 Å². The minimum Gasteiger partial charge on any atom is -0.489 e. The van der Waals surface area contributed by atoms with Gasteiger partial charge < -0.3 is 4.74 Å². The molecule has 0 bridgehead atoms. The Bertz CT molecular complexity index is 386. The SMILES string of the molecule is C=CCOc1ccc(N=C=S)c(Cl)c1. The van der Waals surface area contributed by atoms with Crippen LogP contribution >= 0.6 is 23.8 Å².